The lowest BCUT2D eigenvalue weighted by Crippen LogP contribution is -2.54. The van der Waals surface area contributed by atoms with Crippen molar-refractivity contribution >= 4 is 33.9 Å². The highest BCUT2D eigenvalue weighted by Gasteiger charge is 2.29. The minimum atomic E-state index is -1.16. The Kier molecular flexibility index (Phi) is 8.86. The normalized spacial score (nSPS) is 12.7. The molecule has 2 atom stereocenters. The number of rotatable bonds is 9. The molecule has 0 saturated heterocycles. The first-order chi connectivity index (χ1) is 14.3. The molecule has 7 nitrogen and oxygen atoms in total. The second-order valence-electron chi connectivity index (χ2n) is 7.12. The highest BCUT2D eigenvalue weighted by molar-refractivity contribution is 9.10. The SMILES string of the molecule is CC(C)[C@H](NC(=O)OCc1ccccc1)C(=O)N[C@H](Cc1ccccc1Br)C(=O)O. The molecule has 0 unspecified atom stereocenters. The van der Waals surface area contributed by atoms with Gasteiger partial charge in [0.15, 0.2) is 0 Å². The van der Waals surface area contributed by atoms with E-state index in [-0.39, 0.29) is 18.9 Å². The van der Waals surface area contributed by atoms with Gasteiger partial charge in [-0.15, -0.1) is 0 Å². The summed E-state index contributed by atoms with van der Waals surface area (Å²) in [7, 11) is 0. The van der Waals surface area contributed by atoms with Crippen molar-refractivity contribution in [1.29, 1.82) is 0 Å². The van der Waals surface area contributed by atoms with Crippen molar-refractivity contribution in [2.24, 2.45) is 5.92 Å². The Morgan fingerprint density at radius 3 is 2.23 bits per heavy atom. The number of benzene rings is 2. The van der Waals surface area contributed by atoms with Gasteiger partial charge in [0.1, 0.15) is 18.7 Å². The molecule has 2 rings (SSSR count). The van der Waals surface area contributed by atoms with E-state index in [9.17, 15) is 19.5 Å². The maximum atomic E-state index is 12.7. The van der Waals surface area contributed by atoms with E-state index >= 15 is 0 Å². The predicted molar refractivity (Wildman–Crippen MR) is 116 cm³/mol. The van der Waals surface area contributed by atoms with Crippen LogP contribution < -0.4 is 10.6 Å². The van der Waals surface area contributed by atoms with Crippen molar-refractivity contribution in [2.75, 3.05) is 0 Å². The third-order valence-corrected chi connectivity index (χ3v) is 5.21. The Morgan fingerprint density at radius 2 is 1.63 bits per heavy atom. The lowest BCUT2D eigenvalue weighted by molar-refractivity contribution is -0.142. The molecule has 0 saturated carbocycles. The number of aliphatic carboxylic acids is 1. The van der Waals surface area contributed by atoms with Crippen molar-refractivity contribution in [3.8, 4) is 0 Å². The van der Waals surface area contributed by atoms with Gasteiger partial charge in [-0.25, -0.2) is 9.59 Å². The smallest absolute Gasteiger partial charge is 0.408 e. The zero-order valence-electron chi connectivity index (χ0n) is 16.8. The van der Waals surface area contributed by atoms with Crippen LogP contribution in [0.25, 0.3) is 0 Å². The summed E-state index contributed by atoms with van der Waals surface area (Å²) in [5.41, 5.74) is 1.57. The second-order valence-corrected chi connectivity index (χ2v) is 7.98. The molecule has 0 radical (unpaired) electrons. The predicted octanol–water partition coefficient (Wildman–Crippen LogP) is 3.51. The molecule has 0 fully saturated rings. The van der Waals surface area contributed by atoms with Gasteiger partial charge in [-0.3, -0.25) is 4.79 Å². The lowest BCUT2D eigenvalue weighted by atomic mass is 10.0. The number of carbonyl (C=O) groups excluding carboxylic acids is 2. The number of ether oxygens (including phenoxy) is 1. The molecule has 30 heavy (non-hydrogen) atoms. The summed E-state index contributed by atoms with van der Waals surface area (Å²) in [5.74, 6) is -2.01. The van der Waals surface area contributed by atoms with Crippen molar-refractivity contribution in [3.05, 3.63) is 70.2 Å². The molecule has 2 amide bonds. The molecule has 2 aromatic rings. The van der Waals surface area contributed by atoms with Gasteiger partial charge in [-0.05, 0) is 23.1 Å². The Bertz CT molecular complexity index is 873. The molecule has 0 aliphatic rings. The molecule has 2 aromatic carbocycles. The van der Waals surface area contributed by atoms with E-state index in [1.165, 1.54) is 0 Å². The molecular formula is C22H25BrN2O5. The molecule has 3 N–H and O–H groups in total. The first-order valence-corrected chi connectivity index (χ1v) is 10.3. The average molecular weight is 477 g/mol. The number of hydrogen-bond acceptors (Lipinski definition) is 4. The number of carboxylic acid groups (broad SMARTS) is 1. The minimum absolute atomic E-state index is 0.0683. The first-order valence-electron chi connectivity index (χ1n) is 9.51. The summed E-state index contributed by atoms with van der Waals surface area (Å²) in [4.78, 5) is 36.6. The van der Waals surface area contributed by atoms with Crippen LogP contribution in [0.1, 0.15) is 25.0 Å². The first kappa shape index (κ1) is 23.4. The molecule has 0 aromatic heterocycles. The lowest BCUT2D eigenvalue weighted by Gasteiger charge is -2.24. The third kappa shape index (κ3) is 7.18. The summed E-state index contributed by atoms with van der Waals surface area (Å²) in [5, 5.41) is 14.6. The molecule has 0 aliphatic heterocycles. The molecule has 0 heterocycles. The van der Waals surface area contributed by atoms with Gasteiger partial charge >= 0.3 is 12.1 Å². The number of amides is 2. The Labute approximate surface area is 183 Å². The van der Waals surface area contributed by atoms with E-state index in [2.05, 4.69) is 26.6 Å². The van der Waals surface area contributed by atoms with Crippen LogP contribution in [0.2, 0.25) is 0 Å². The maximum Gasteiger partial charge on any atom is 0.408 e. The van der Waals surface area contributed by atoms with Crippen molar-refractivity contribution in [1.82, 2.24) is 10.6 Å². The summed E-state index contributed by atoms with van der Waals surface area (Å²) in [6, 6.07) is 14.3. The van der Waals surface area contributed by atoms with E-state index in [1.807, 2.05) is 36.4 Å². The van der Waals surface area contributed by atoms with Gasteiger partial charge in [0.2, 0.25) is 5.91 Å². The van der Waals surface area contributed by atoms with Crippen LogP contribution in [0.4, 0.5) is 4.79 Å². The topological polar surface area (TPSA) is 105 Å². The van der Waals surface area contributed by atoms with Gasteiger partial charge in [-0.2, -0.15) is 0 Å². The van der Waals surface area contributed by atoms with Crippen LogP contribution in [0, 0.1) is 5.92 Å². The van der Waals surface area contributed by atoms with Crippen LogP contribution in [-0.4, -0.2) is 35.2 Å². The van der Waals surface area contributed by atoms with E-state index in [0.717, 1.165) is 15.6 Å². The fourth-order valence-electron chi connectivity index (χ4n) is 2.77. The maximum absolute atomic E-state index is 12.7. The van der Waals surface area contributed by atoms with Crippen molar-refractivity contribution < 1.29 is 24.2 Å². The van der Waals surface area contributed by atoms with Crippen LogP contribution in [0.3, 0.4) is 0 Å². The zero-order chi connectivity index (χ0) is 22.1. The Hall–Kier alpha value is -2.87. The molecule has 0 bridgehead atoms. The standard InChI is InChI=1S/C22H25BrN2O5/c1-14(2)19(25-22(29)30-13-15-8-4-3-5-9-15)20(26)24-18(21(27)28)12-16-10-6-7-11-17(16)23/h3-11,14,18-19H,12-13H2,1-2H3,(H,24,26)(H,25,29)(H,27,28)/t18-,19+/m1/s1. The fraction of sp³-hybridized carbons (Fsp3) is 0.318. The number of halogens is 1. The van der Waals surface area contributed by atoms with E-state index in [4.69, 9.17) is 4.74 Å². The number of carboxylic acids is 1. The van der Waals surface area contributed by atoms with Gasteiger partial charge < -0.3 is 20.5 Å². The van der Waals surface area contributed by atoms with E-state index in [0.29, 0.717) is 0 Å². The van der Waals surface area contributed by atoms with Gasteiger partial charge in [0, 0.05) is 10.9 Å². The quantitative estimate of drug-likeness (QED) is 0.513. The summed E-state index contributed by atoms with van der Waals surface area (Å²) < 4.78 is 5.93. The van der Waals surface area contributed by atoms with E-state index in [1.54, 1.807) is 32.0 Å². The van der Waals surface area contributed by atoms with Gasteiger partial charge in [0.25, 0.3) is 0 Å². The zero-order valence-corrected chi connectivity index (χ0v) is 18.4. The largest absolute Gasteiger partial charge is 0.480 e. The van der Waals surface area contributed by atoms with Gasteiger partial charge in [0.05, 0.1) is 0 Å². The highest BCUT2D eigenvalue weighted by atomic mass is 79.9. The average Bonchev–Trinajstić information content (AvgIpc) is 2.71. The van der Waals surface area contributed by atoms with Crippen molar-refractivity contribution in [3.63, 3.8) is 0 Å². The third-order valence-electron chi connectivity index (χ3n) is 4.43. The molecule has 8 heteroatoms. The summed E-state index contributed by atoms with van der Waals surface area (Å²) in [6.07, 6.45) is -0.642. The molecular weight excluding hydrogens is 452 g/mol. The summed E-state index contributed by atoms with van der Waals surface area (Å²) >= 11 is 3.38. The molecule has 160 valence electrons. The highest BCUT2D eigenvalue weighted by Crippen LogP contribution is 2.18. The van der Waals surface area contributed by atoms with Crippen LogP contribution >= 0.6 is 15.9 Å². The molecule has 0 aliphatic carbocycles. The monoisotopic (exact) mass is 476 g/mol. The van der Waals surface area contributed by atoms with Crippen LogP contribution in [0.15, 0.2) is 59.1 Å². The number of alkyl carbamates (subject to hydrolysis) is 1. The fourth-order valence-corrected chi connectivity index (χ4v) is 3.22. The Balaban J connectivity index is 1.99. The van der Waals surface area contributed by atoms with Crippen LogP contribution in [-0.2, 0) is 27.4 Å². The van der Waals surface area contributed by atoms with Crippen molar-refractivity contribution in [2.45, 2.75) is 39.0 Å². The number of nitrogens with one attached hydrogen (secondary N) is 2. The number of carbonyl (C=O) groups is 3. The van der Waals surface area contributed by atoms with Gasteiger partial charge in [-0.1, -0.05) is 78.3 Å². The summed E-state index contributed by atoms with van der Waals surface area (Å²) in [6.45, 7) is 3.58. The van der Waals surface area contributed by atoms with Crippen LogP contribution in [0.5, 0.6) is 0 Å². The Morgan fingerprint density at radius 1 is 1.00 bits per heavy atom. The second kappa shape index (κ2) is 11.3. The minimum Gasteiger partial charge on any atom is -0.480 e. The van der Waals surface area contributed by atoms with E-state index < -0.39 is 30.1 Å². The molecule has 0 spiro atoms. The number of hydrogen-bond donors (Lipinski definition) is 3.